The zero-order valence-electron chi connectivity index (χ0n) is 12.9. The molecule has 122 valence electrons. The number of hydrogen-bond donors (Lipinski definition) is 2. The molecule has 3 rings (SSSR count). The van der Waals surface area contributed by atoms with Crippen LogP contribution >= 0.6 is 0 Å². The first kappa shape index (κ1) is 16.1. The van der Waals surface area contributed by atoms with Crippen LogP contribution in [-0.4, -0.2) is 19.3 Å². The Morgan fingerprint density at radius 3 is 2.42 bits per heavy atom. The van der Waals surface area contributed by atoms with Crippen LogP contribution in [-0.2, 0) is 10.0 Å². The van der Waals surface area contributed by atoms with Gasteiger partial charge in [-0.3, -0.25) is 9.78 Å². The number of fused-ring (bicyclic) bond motifs is 1. The topological polar surface area (TPSA) is 102 Å². The lowest BCUT2D eigenvalue weighted by Crippen LogP contribution is -2.16. The standard InChI is InChI=1S/C17H15N3O3S/c1-11-12(7-4-10-19-11)17(21)20-15-8-9-16(24(18,22)23)14-6-3-2-5-13(14)15/h2-10H,1H3,(H,20,21)(H2,18,22,23). The third kappa shape index (κ3) is 2.99. The largest absolute Gasteiger partial charge is 0.321 e. The average molecular weight is 341 g/mol. The predicted molar refractivity (Wildman–Crippen MR) is 92.2 cm³/mol. The van der Waals surface area contributed by atoms with Crippen molar-refractivity contribution in [2.24, 2.45) is 5.14 Å². The Bertz CT molecular complexity index is 1050. The molecule has 0 unspecified atom stereocenters. The van der Waals surface area contributed by atoms with E-state index in [-0.39, 0.29) is 10.8 Å². The van der Waals surface area contributed by atoms with Crippen LogP contribution in [0.3, 0.4) is 0 Å². The van der Waals surface area contributed by atoms with Gasteiger partial charge < -0.3 is 5.32 Å². The summed E-state index contributed by atoms with van der Waals surface area (Å²) in [5.74, 6) is -0.311. The number of aromatic nitrogens is 1. The number of pyridine rings is 1. The van der Waals surface area contributed by atoms with Crippen LogP contribution in [0.2, 0.25) is 0 Å². The van der Waals surface area contributed by atoms with Gasteiger partial charge in [0.15, 0.2) is 0 Å². The fourth-order valence-electron chi connectivity index (χ4n) is 2.54. The summed E-state index contributed by atoms with van der Waals surface area (Å²) in [6, 6.07) is 13.2. The number of amides is 1. The fourth-order valence-corrected chi connectivity index (χ4v) is 3.28. The van der Waals surface area contributed by atoms with Crippen molar-refractivity contribution in [3.63, 3.8) is 0 Å². The van der Waals surface area contributed by atoms with Crippen LogP contribution in [0, 0.1) is 6.92 Å². The van der Waals surface area contributed by atoms with Crippen LogP contribution in [0.5, 0.6) is 0 Å². The Kier molecular flexibility index (Phi) is 4.04. The van der Waals surface area contributed by atoms with Crippen molar-refractivity contribution in [2.45, 2.75) is 11.8 Å². The Hall–Kier alpha value is -2.77. The minimum atomic E-state index is -3.86. The molecule has 0 bridgehead atoms. The molecule has 24 heavy (non-hydrogen) atoms. The van der Waals surface area contributed by atoms with E-state index < -0.39 is 10.0 Å². The number of carbonyl (C=O) groups is 1. The lowest BCUT2D eigenvalue weighted by atomic mass is 10.1. The zero-order chi connectivity index (χ0) is 17.3. The number of hydrogen-bond acceptors (Lipinski definition) is 4. The summed E-state index contributed by atoms with van der Waals surface area (Å²) in [5, 5.41) is 9.12. The van der Waals surface area contributed by atoms with Gasteiger partial charge in [-0.05, 0) is 31.2 Å². The van der Waals surface area contributed by atoms with E-state index in [1.807, 2.05) is 0 Å². The number of benzene rings is 2. The Morgan fingerprint density at radius 1 is 1.04 bits per heavy atom. The van der Waals surface area contributed by atoms with Crippen LogP contribution in [0.15, 0.2) is 59.6 Å². The minimum absolute atomic E-state index is 0.0219. The third-order valence-electron chi connectivity index (χ3n) is 3.69. The number of anilines is 1. The van der Waals surface area contributed by atoms with Crippen LogP contribution < -0.4 is 10.5 Å². The number of nitrogens with two attached hydrogens (primary N) is 1. The second kappa shape index (κ2) is 6.03. The molecule has 0 aliphatic heterocycles. The highest BCUT2D eigenvalue weighted by Crippen LogP contribution is 2.29. The molecule has 0 fully saturated rings. The fraction of sp³-hybridized carbons (Fsp3) is 0.0588. The molecule has 6 nitrogen and oxygen atoms in total. The van der Waals surface area contributed by atoms with Crippen LogP contribution in [0.4, 0.5) is 5.69 Å². The smallest absolute Gasteiger partial charge is 0.257 e. The summed E-state index contributed by atoms with van der Waals surface area (Å²) in [5.41, 5.74) is 1.57. The first-order chi connectivity index (χ1) is 11.4. The zero-order valence-corrected chi connectivity index (χ0v) is 13.7. The van der Waals surface area contributed by atoms with Gasteiger partial charge in [0, 0.05) is 28.4 Å². The highest BCUT2D eigenvalue weighted by atomic mass is 32.2. The average Bonchev–Trinajstić information content (AvgIpc) is 2.54. The highest BCUT2D eigenvalue weighted by Gasteiger charge is 2.16. The van der Waals surface area contributed by atoms with Gasteiger partial charge in [0.05, 0.1) is 10.5 Å². The lowest BCUT2D eigenvalue weighted by Gasteiger charge is -2.12. The van der Waals surface area contributed by atoms with Crippen molar-refractivity contribution < 1.29 is 13.2 Å². The Labute approximate surface area is 139 Å². The van der Waals surface area contributed by atoms with Crippen molar-refractivity contribution in [3.8, 4) is 0 Å². The molecule has 7 heteroatoms. The predicted octanol–water partition coefficient (Wildman–Crippen LogP) is 2.44. The molecule has 0 spiro atoms. The van der Waals surface area contributed by atoms with Gasteiger partial charge in [-0.2, -0.15) is 0 Å². The van der Waals surface area contributed by atoms with Gasteiger partial charge in [-0.25, -0.2) is 13.6 Å². The maximum atomic E-state index is 12.5. The summed E-state index contributed by atoms with van der Waals surface area (Å²) < 4.78 is 23.5. The molecule has 0 aliphatic carbocycles. The van der Waals surface area contributed by atoms with Crippen LogP contribution in [0.1, 0.15) is 16.1 Å². The van der Waals surface area contributed by atoms with Crippen LogP contribution in [0.25, 0.3) is 10.8 Å². The maximum Gasteiger partial charge on any atom is 0.257 e. The van der Waals surface area contributed by atoms with Gasteiger partial charge in [0.25, 0.3) is 5.91 Å². The molecule has 0 radical (unpaired) electrons. The normalized spacial score (nSPS) is 11.4. The van der Waals surface area contributed by atoms with Crippen molar-refractivity contribution in [3.05, 3.63) is 66.0 Å². The van der Waals surface area contributed by atoms with E-state index >= 15 is 0 Å². The highest BCUT2D eigenvalue weighted by molar-refractivity contribution is 7.89. The second-order valence-electron chi connectivity index (χ2n) is 5.29. The molecule has 1 aromatic heterocycles. The first-order valence-electron chi connectivity index (χ1n) is 7.15. The van der Waals surface area contributed by atoms with E-state index in [9.17, 15) is 13.2 Å². The molecule has 0 saturated heterocycles. The second-order valence-corrected chi connectivity index (χ2v) is 6.82. The summed E-state index contributed by atoms with van der Waals surface area (Å²) in [4.78, 5) is 16.6. The van der Waals surface area contributed by atoms with E-state index in [1.54, 1.807) is 49.5 Å². The third-order valence-corrected chi connectivity index (χ3v) is 4.66. The quantitative estimate of drug-likeness (QED) is 0.764. The van der Waals surface area contributed by atoms with Crippen molar-refractivity contribution in [2.75, 3.05) is 5.32 Å². The molecule has 3 N–H and O–H groups in total. The van der Waals surface area contributed by atoms with Gasteiger partial charge in [-0.15, -0.1) is 0 Å². The first-order valence-corrected chi connectivity index (χ1v) is 8.70. The van der Waals surface area contributed by atoms with E-state index in [2.05, 4.69) is 10.3 Å². The maximum absolute atomic E-state index is 12.5. The SMILES string of the molecule is Cc1ncccc1C(=O)Nc1ccc(S(N)(=O)=O)c2ccccc12. The molecule has 0 saturated carbocycles. The van der Waals surface area contributed by atoms with E-state index in [1.165, 1.54) is 12.1 Å². The number of nitrogens with one attached hydrogen (secondary N) is 1. The summed E-state index contributed by atoms with van der Waals surface area (Å²) in [7, 11) is -3.86. The van der Waals surface area contributed by atoms with Crippen molar-refractivity contribution >= 4 is 32.4 Å². The van der Waals surface area contributed by atoms with Gasteiger partial charge in [0.1, 0.15) is 0 Å². The minimum Gasteiger partial charge on any atom is -0.321 e. The molecule has 3 aromatic rings. The molecule has 1 heterocycles. The van der Waals surface area contributed by atoms with Crippen molar-refractivity contribution in [1.82, 2.24) is 4.98 Å². The molecule has 0 aliphatic rings. The van der Waals surface area contributed by atoms with E-state index in [0.29, 0.717) is 27.7 Å². The molecular weight excluding hydrogens is 326 g/mol. The molecular formula is C17H15N3O3S. The number of sulfonamides is 1. The molecule has 2 aromatic carbocycles. The number of aryl methyl sites for hydroxylation is 1. The number of primary sulfonamides is 1. The van der Waals surface area contributed by atoms with E-state index in [0.717, 1.165) is 0 Å². The number of carbonyl (C=O) groups excluding carboxylic acids is 1. The van der Waals surface area contributed by atoms with Gasteiger partial charge in [-0.1, -0.05) is 24.3 Å². The summed E-state index contributed by atoms with van der Waals surface area (Å²) in [6.45, 7) is 1.75. The van der Waals surface area contributed by atoms with E-state index in [4.69, 9.17) is 5.14 Å². The molecule has 0 atom stereocenters. The molecule has 1 amide bonds. The summed E-state index contributed by atoms with van der Waals surface area (Å²) in [6.07, 6.45) is 1.61. The lowest BCUT2D eigenvalue weighted by molar-refractivity contribution is 0.102. The number of rotatable bonds is 3. The van der Waals surface area contributed by atoms with Crippen molar-refractivity contribution in [1.29, 1.82) is 0 Å². The van der Waals surface area contributed by atoms with Gasteiger partial charge in [0.2, 0.25) is 10.0 Å². The monoisotopic (exact) mass is 341 g/mol. The summed E-state index contributed by atoms with van der Waals surface area (Å²) >= 11 is 0. The Balaban J connectivity index is 2.09. The Morgan fingerprint density at radius 2 is 1.75 bits per heavy atom. The van der Waals surface area contributed by atoms with Gasteiger partial charge >= 0.3 is 0 Å². The number of nitrogens with zero attached hydrogens (tertiary/aromatic N) is 1.